The highest BCUT2D eigenvalue weighted by molar-refractivity contribution is 6.30. The molecule has 2 unspecified atom stereocenters. The van der Waals surface area contributed by atoms with E-state index in [1.165, 1.54) is 14.2 Å². The van der Waals surface area contributed by atoms with Crippen LogP contribution in [-0.2, 0) is 19.1 Å². The maximum atomic E-state index is 13.8. The van der Waals surface area contributed by atoms with E-state index < -0.39 is 29.7 Å². The SMILES string of the molecule is C=CCC(C(=O)c1ccc(Cl)cc1)C(c1ccc(OC)c(OC)c1)C(C(=O)OCC)C(=O)OCC. The number of esters is 2. The van der Waals surface area contributed by atoms with Gasteiger partial charge in [0.1, 0.15) is 0 Å². The molecule has 2 aromatic carbocycles. The van der Waals surface area contributed by atoms with Crippen LogP contribution in [0.5, 0.6) is 11.5 Å². The summed E-state index contributed by atoms with van der Waals surface area (Å²) in [6, 6.07) is 11.4. The Kier molecular flexibility index (Phi) is 10.8. The van der Waals surface area contributed by atoms with E-state index in [-0.39, 0.29) is 25.4 Å². The topological polar surface area (TPSA) is 88.1 Å². The quantitative estimate of drug-likeness (QED) is 0.160. The largest absolute Gasteiger partial charge is 0.493 e. The van der Waals surface area contributed by atoms with E-state index in [0.29, 0.717) is 27.6 Å². The molecular weight excluding hydrogens is 472 g/mol. The first-order valence-corrected chi connectivity index (χ1v) is 11.7. The Morgan fingerprint density at radius 1 is 0.914 bits per heavy atom. The second-order valence-corrected chi connectivity index (χ2v) is 8.06. The number of carbonyl (C=O) groups is 3. The molecule has 0 saturated carbocycles. The van der Waals surface area contributed by atoms with Gasteiger partial charge in [-0.25, -0.2) is 0 Å². The minimum atomic E-state index is -1.39. The first-order valence-electron chi connectivity index (χ1n) is 11.3. The molecule has 8 heteroatoms. The van der Waals surface area contributed by atoms with Gasteiger partial charge in [0.05, 0.1) is 27.4 Å². The van der Waals surface area contributed by atoms with Gasteiger partial charge in [0.15, 0.2) is 23.2 Å². The van der Waals surface area contributed by atoms with Gasteiger partial charge in [-0.3, -0.25) is 14.4 Å². The molecule has 0 radical (unpaired) electrons. The first-order chi connectivity index (χ1) is 16.8. The van der Waals surface area contributed by atoms with Crippen LogP contribution in [0.3, 0.4) is 0 Å². The van der Waals surface area contributed by atoms with Gasteiger partial charge >= 0.3 is 11.9 Å². The molecule has 35 heavy (non-hydrogen) atoms. The van der Waals surface area contributed by atoms with Crippen LogP contribution in [0.25, 0.3) is 0 Å². The van der Waals surface area contributed by atoms with Crippen molar-refractivity contribution >= 4 is 29.3 Å². The number of halogens is 1. The van der Waals surface area contributed by atoms with E-state index in [0.717, 1.165) is 0 Å². The van der Waals surface area contributed by atoms with Gasteiger partial charge in [-0.15, -0.1) is 6.58 Å². The highest BCUT2D eigenvalue weighted by Crippen LogP contribution is 2.41. The monoisotopic (exact) mass is 502 g/mol. The second kappa shape index (κ2) is 13.5. The molecule has 0 saturated heterocycles. The van der Waals surface area contributed by atoms with Crippen LogP contribution in [0.2, 0.25) is 5.02 Å². The second-order valence-electron chi connectivity index (χ2n) is 7.62. The summed E-state index contributed by atoms with van der Waals surface area (Å²) in [5, 5.41) is 0.481. The van der Waals surface area contributed by atoms with Crippen molar-refractivity contribution < 1.29 is 33.3 Å². The van der Waals surface area contributed by atoms with Crippen LogP contribution in [0.4, 0.5) is 0 Å². The van der Waals surface area contributed by atoms with Gasteiger partial charge in [-0.2, -0.15) is 0 Å². The lowest BCUT2D eigenvalue weighted by molar-refractivity contribution is -0.163. The molecule has 0 aliphatic rings. The number of allylic oxidation sites excluding steroid dienone is 1. The molecule has 0 N–H and O–H groups in total. The average molecular weight is 503 g/mol. The van der Waals surface area contributed by atoms with E-state index in [1.54, 1.807) is 62.4 Å². The zero-order valence-corrected chi connectivity index (χ0v) is 21.2. The molecule has 7 nitrogen and oxygen atoms in total. The lowest BCUT2D eigenvalue weighted by atomic mass is 9.72. The van der Waals surface area contributed by atoms with Crippen molar-refractivity contribution in [1.29, 1.82) is 0 Å². The van der Waals surface area contributed by atoms with Crippen LogP contribution < -0.4 is 9.47 Å². The molecule has 0 bridgehead atoms. The summed E-state index contributed by atoms with van der Waals surface area (Å²) >= 11 is 6.00. The van der Waals surface area contributed by atoms with Crippen LogP contribution in [-0.4, -0.2) is 45.2 Å². The van der Waals surface area contributed by atoms with E-state index >= 15 is 0 Å². The molecule has 0 heterocycles. The highest BCUT2D eigenvalue weighted by atomic mass is 35.5. The van der Waals surface area contributed by atoms with E-state index in [9.17, 15) is 14.4 Å². The Bertz CT molecular complexity index is 1010. The Labute approximate surface area is 211 Å². The lowest BCUT2D eigenvalue weighted by Crippen LogP contribution is -2.39. The van der Waals surface area contributed by atoms with Crippen molar-refractivity contribution in [2.75, 3.05) is 27.4 Å². The fourth-order valence-corrected chi connectivity index (χ4v) is 4.12. The molecular formula is C27H31ClO7. The zero-order valence-electron chi connectivity index (χ0n) is 20.4. The lowest BCUT2D eigenvalue weighted by Gasteiger charge is -2.31. The summed E-state index contributed by atoms with van der Waals surface area (Å²) in [6.07, 6.45) is 1.77. The number of ketones is 1. The maximum absolute atomic E-state index is 13.8. The summed E-state index contributed by atoms with van der Waals surface area (Å²) in [7, 11) is 2.98. The van der Waals surface area contributed by atoms with Crippen LogP contribution in [0, 0.1) is 11.8 Å². The summed E-state index contributed by atoms with van der Waals surface area (Å²) in [5.41, 5.74) is 0.904. The summed E-state index contributed by atoms with van der Waals surface area (Å²) in [4.78, 5) is 40.0. The minimum Gasteiger partial charge on any atom is -0.493 e. The zero-order chi connectivity index (χ0) is 26.0. The molecule has 2 rings (SSSR count). The number of carbonyl (C=O) groups excluding carboxylic acids is 3. The fraction of sp³-hybridized carbons (Fsp3) is 0.370. The van der Waals surface area contributed by atoms with Crippen molar-refractivity contribution in [2.24, 2.45) is 11.8 Å². The predicted molar refractivity (Wildman–Crippen MR) is 133 cm³/mol. The molecule has 0 aliphatic heterocycles. The number of ether oxygens (including phenoxy) is 4. The molecule has 2 atom stereocenters. The Morgan fingerprint density at radius 3 is 1.97 bits per heavy atom. The fourth-order valence-electron chi connectivity index (χ4n) is 4.00. The third kappa shape index (κ3) is 6.85. The molecule has 0 aliphatic carbocycles. The molecule has 0 aromatic heterocycles. The van der Waals surface area contributed by atoms with Crippen molar-refractivity contribution in [3.05, 3.63) is 71.3 Å². The normalized spacial score (nSPS) is 12.4. The van der Waals surface area contributed by atoms with E-state index in [2.05, 4.69) is 6.58 Å². The molecule has 2 aromatic rings. The van der Waals surface area contributed by atoms with Gasteiger partial charge in [-0.1, -0.05) is 23.7 Å². The molecule has 0 fully saturated rings. The smallest absolute Gasteiger partial charge is 0.320 e. The minimum absolute atomic E-state index is 0.0602. The predicted octanol–water partition coefficient (Wildman–Crippen LogP) is 5.26. The van der Waals surface area contributed by atoms with Gasteiger partial charge in [0, 0.05) is 22.4 Å². The van der Waals surface area contributed by atoms with Gasteiger partial charge in [0.25, 0.3) is 0 Å². The standard InChI is InChI=1S/C27H31ClO7/c1-6-9-20(25(29)17-10-13-19(28)14-11-17)23(18-12-15-21(32-4)22(16-18)33-5)24(26(30)34-7-2)27(31)35-8-3/h6,10-16,20,23-24H,1,7-9H2,2-5H3. The summed E-state index contributed by atoms with van der Waals surface area (Å²) in [6.45, 7) is 7.21. The molecule has 0 amide bonds. The summed E-state index contributed by atoms with van der Waals surface area (Å²) in [5.74, 6) is -4.15. The number of hydrogen-bond donors (Lipinski definition) is 0. The van der Waals surface area contributed by atoms with Crippen molar-refractivity contribution in [1.82, 2.24) is 0 Å². The number of Topliss-reactive ketones (excluding diaryl/α,β-unsaturated/α-hetero) is 1. The Balaban J connectivity index is 2.76. The van der Waals surface area contributed by atoms with E-state index in [1.807, 2.05) is 0 Å². The Hall–Kier alpha value is -3.32. The van der Waals surface area contributed by atoms with Gasteiger partial charge < -0.3 is 18.9 Å². The van der Waals surface area contributed by atoms with Crippen LogP contribution >= 0.6 is 11.6 Å². The number of hydrogen-bond acceptors (Lipinski definition) is 7. The highest BCUT2D eigenvalue weighted by Gasteiger charge is 2.45. The van der Waals surface area contributed by atoms with Crippen LogP contribution in [0.15, 0.2) is 55.1 Å². The van der Waals surface area contributed by atoms with Crippen molar-refractivity contribution in [3.63, 3.8) is 0 Å². The maximum Gasteiger partial charge on any atom is 0.320 e. The molecule has 188 valence electrons. The van der Waals surface area contributed by atoms with Gasteiger partial charge in [0.2, 0.25) is 0 Å². The third-order valence-electron chi connectivity index (χ3n) is 5.55. The van der Waals surface area contributed by atoms with Crippen molar-refractivity contribution in [3.8, 4) is 11.5 Å². The third-order valence-corrected chi connectivity index (χ3v) is 5.80. The average Bonchev–Trinajstić information content (AvgIpc) is 2.86. The van der Waals surface area contributed by atoms with Crippen LogP contribution in [0.1, 0.15) is 42.1 Å². The number of benzene rings is 2. The summed E-state index contributed by atoms with van der Waals surface area (Å²) < 4.78 is 21.3. The first kappa shape index (κ1) is 27.9. The Morgan fingerprint density at radius 2 is 1.49 bits per heavy atom. The van der Waals surface area contributed by atoms with Crippen molar-refractivity contribution in [2.45, 2.75) is 26.2 Å². The molecule has 0 spiro atoms. The van der Waals surface area contributed by atoms with E-state index in [4.69, 9.17) is 30.5 Å². The number of rotatable bonds is 13. The number of methoxy groups -OCH3 is 2. The van der Waals surface area contributed by atoms with Gasteiger partial charge in [-0.05, 0) is 62.2 Å².